The SMILES string of the molecule is C=O.C=O.CC(C)(C)C.Cc1ccc(C)cc1.Cc1ccc(OC2=CCC(C(C)(C)C)C=C2)cc1. The van der Waals surface area contributed by atoms with Gasteiger partial charge in [-0.05, 0) is 68.2 Å². The van der Waals surface area contributed by atoms with Crippen molar-refractivity contribution < 1.29 is 14.3 Å². The smallest absolute Gasteiger partial charge is 0.127 e. The first-order valence-corrected chi connectivity index (χ1v) is 12.0. The van der Waals surface area contributed by atoms with Gasteiger partial charge in [-0.1, -0.05) is 108 Å². The van der Waals surface area contributed by atoms with Crippen molar-refractivity contribution in [2.45, 2.75) is 75.7 Å². The summed E-state index contributed by atoms with van der Waals surface area (Å²) in [6, 6.07) is 16.6. The van der Waals surface area contributed by atoms with E-state index in [9.17, 15) is 0 Å². The molecule has 3 nitrogen and oxygen atoms in total. The first kappa shape index (κ1) is 34.2. The standard InChI is InChI=1S/C17H22O.C8H10.C5H12.2CH2O/c1-13-5-9-15(10-6-13)18-16-11-7-14(8-12-16)17(2,3)4;1-7-3-5-8(2)6-4-7;1-5(2,3)4;2*1-2/h5-7,9-12,14H,8H2,1-4H3;3-6H,1-2H3;1-4H3;2*1H2. The lowest BCUT2D eigenvalue weighted by molar-refractivity contribution is -0.0987. The molecule has 0 spiro atoms. The van der Waals surface area contributed by atoms with Crippen LogP contribution in [0.15, 0.2) is 72.5 Å². The van der Waals surface area contributed by atoms with Gasteiger partial charge in [0.15, 0.2) is 0 Å². The summed E-state index contributed by atoms with van der Waals surface area (Å²) in [7, 11) is 0. The zero-order chi connectivity index (χ0) is 27.7. The number of rotatable bonds is 2. The van der Waals surface area contributed by atoms with Crippen LogP contribution in [0.5, 0.6) is 5.75 Å². The summed E-state index contributed by atoms with van der Waals surface area (Å²) >= 11 is 0. The number of aryl methyl sites for hydroxylation is 3. The highest BCUT2D eigenvalue weighted by Gasteiger charge is 2.23. The molecule has 1 aliphatic rings. The van der Waals surface area contributed by atoms with E-state index in [0.717, 1.165) is 17.9 Å². The van der Waals surface area contributed by atoms with Crippen molar-refractivity contribution >= 4 is 13.6 Å². The van der Waals surface area contributed by atoms with Crippen LogP contribution in [0.25, 0.3) is 0 Å². The Bertz CT molecular complexity index is 832. The van der Waals surface area contributed by atoms with E-state index < -0.39 is 0 Å². The predicted molar refractivity (Wildman–Crippen MR) is 152 cm³/mol. The zero-order valence-corrected chi connectivity index (χ0v) is 23.8. The number of carbonyl (C=O) groups excluding carboxylic acids is 2. The molecule has 0 aromatic heterocycles. The number of hydrogen-bond donors (Lipinski definition) is 0. The average molecular weight is 481 g/mol. The van der Waals surface area contributed by atoms with Crippen molar-refractivity contribution in [2.24, 2.45) is 16.7 Å². The van der Waals surface area contributed by atoms with Crippen LogP contribution >= 0.6 is 0 Å². The molecule has 3 rings (SSSR count). The maximum Gasteiger partial charge on any atom is 0.127 e. The fourth-order valence-corrected chi connectivity index (χ4v) is 2.70. The molecule has 1 atom stereocenters. The molecule has 1 aliphatic carbocycles. The Morgan fingerprint density at radius 1 is 0.686 bits per heavy atom. The van der Waals surface area contributed by atoms with Crippen LogP contribution in [0.1, 0.15) is 71.6 Å². The van der Waals surface area contributed by atoms with Crippen LogP contribution in [0.2, 0.25) is 0 Å². The number of carbonyl (C=O) groups is 2. The molecule has 0 N–H and O–H groups in total. The number of allylic oxidation sites excluding steroid dienone is 3. The Labute approximate surface area is 215 Å². The highest BCUT2D eigenvalue weighted by Crippen LogP contribution is 2.33. The van der Waals surface area contributed by atoms with Gasteiger partial charge >= 0.3 is 0 Å². The maximum absolute atomic E-state index is 8.00. The van der Waals surface area contributed by atoms with Gasteiger partial charge in [-0.25, -0.2) is 0 Å². The molecule has 0 saturated heterocycles. The van der Waals surface area contributed by atoms with Gasteiger partial charge in [0.25, 0.3) is 0 Å². The molecule has 0 saturated carbocycles. The maximum atomic E-state index is 8.00. The third-order valence-electron chi connectivity index (χ3n) is 4.65. The molecule has 2 aromatic rings. The fourth-order valence-electron chi connectivity index (χ4n) is 2.70. The van der Waals surface area contributed by atoms with E-state index in [4.69, 9.17) is 14.3 Å². The molecule has 1 unspecified atom stereocenters. The van der Waals surface area contributed by atoms with Crippen LogP contribution in [0.3, 0.4) is 0 Å². The highest BCUT2D eigenvalue weighted by molar-refractivity contribution is 5.31. The highest BCUT2D eigenvalue weighted by atomic mass is 16.5. The van der Waals surface area contributed by atoms with Crippen molar-refractivity contribution in [3.05, 3.63) is 89.2 Å². The van der Waals surface area contributed by atoms with Crippen LogP contribution in [-0.4, -0.2) is 13.6 Å². The lowest BCUT2D eigenvalue weighted by Gasteiger charge is -2.29. The van der Waals surface area contributed by atoms with Gasteiger partial charge < -0.3 is 14.3 Å². The van der Waals surface area contributed by atoms with Crippen molar-refractivity contribution in [3.63, 3.8) is 0 Å². The van der Waals surface area contributed by atoms with Crippen molar-refractivity contribution in [1.82, 2.24) is 0 Å². The molecule has 0 amide bonds. The Kier molecular flexibility index (Phi) is 17.1. The molecule has 35 heavy (non-hydrogen) atoms. The first-order valence-electron chi connectivity index (χ1n) is 12.0. The molecular formula is C32H48O3. The molecule has 0 heterocycles. The van der Waals surface area contributed by atoms with Crippen LogP contribution in [0.4, 0.5) is 0 Å². The van der Waals surface area contributed by atoms with Crippen molar-refractivity contribution in [1.29, 1.82) is 0 Å². The van der Waals surface area contributed by atoms with Gasteiger partial charge in [0, 0.05) is 0 Å². The van der Waals surface area contributed by atoms with E-state index >= 15 is 0 Å². The van der Waals surface area contributed by atoms with Crippen molar-refractivity contribution in [3.8, 4) is 5.75 Å². The van der Waals surface area contributed by atoms with Crippen molar-refractivity contribution in [2.75, 3.05) is 0 Å². The third-order valence-corrected chi connectivity index (χ3v) is 4.65. The topological polar surface area (TPSA) is 43.4 Å². The first-order chi connectivity index (χ1) is 16.2. The summed E-state index contributed by atoms with van der Waals surface area (Å²) in [4.78, 5) is 16.0. The lowest BCUT2D eigenvalue weighted by atomic mass is 9.77. The normalized spacial score (nSPS) is 14.1. The van der Waals surface area contributed by atoms with Gasteiger partial charge in [0.1, 0.15) is 25.1 Å². The Balaban J connectivity index is 0. The van der Waals surface area contributed by atoms with E-state index in [0.29, 0.717) is 16.7 Å². The molecular weight excluding hydrogens is 432 g/mol. The van der Waals surface area contributed by atoms with E-state index in [1.807, 2.05) is 25.7 Å². The van der Waals surface area contributed by atoms with E-state index in [1.165, 1.54) is 16.7 Å². The monoisotopic (exact) mass is 480 g/mol. The van der Waals surface area contributed by atoms with Gasteiger partial charge in [0.2, 0.25) is 0 Å². The van der Waals surface area contributed by atoms with E-state index in [-0.39, 0.29) is 0 Å². The second-order valence-corrected chi connectivity index (χ2v) is 11.2. The number of ether oxygens (including phenoxy) is 1. The molecule has 0 aliphatic heterocycles. The quantitative estimate of drug-likeness (QED) is 0.431. The third kappa shape index (κ3) is 19.1. The second-order valence-electron chi connectivity index (χ2n) is 11.2. The summed E-state index contributed by atoms with van der Waals surface area (Å²) in [6.07, 6.45) is 7.61. The largest absolute Gasteiger partial charge is 0.458 e. The van der Waals surface area contributed by atoms with Gasteiger partial charge in [-0.15, -0.1) is 0 Å². The van der Waals surface area contributed by atoms with Gasteiger partial charge in [0.05, 0.1) is 0 Å². The minimum atomic E-state index is 0.322. The summed E-state index contributed by atoms with van der Waals surface area (Å²) in [6.45, 7) is 25.9. The van der Waals surface area contributed by atoms with E-state index in [2.05, 4.69) is 124 Å². The molecule has 194 valence electrons. The molecule has 2 aromatic carbocycles. The summed E-state index contributed by atoms with van der Waals surface area (Å²) in [5, 5.41) is 0. The lowest BCUT2D eigenvalue weighted by Crippen LogP contribution is -2.19. The van der Waals surface area contributed by atoms with E-state index in [1.54, 1.807) is 0 Å². The number of benzene rings is 2. The molecule has 0 bridgehead atoms. The summed E-state index contributed by atoms with van der Waals surface area (Å²) in [5.74, 6) is 2.47. The summed E-state index contributed by atoms with van der Waals surface area (Å²) in [5.41, 5.74) is 4.73. The average Bonchev–Trinajstić information content (AvgIpc) is 2.79. The molecule has 3 heteroatoms. The Morgan fingerprint density at radius 2 is 1.03 bits per heavy atom. The minimum Gasteiger partial charge on any atom is -0.458 e. The summed E-state index contributed by atoms with van der Waals surface area (Å²) < 4.78 is 5.85. The second kappa shape index (κ2) is 17.5. The predicted octanol–water partition coefficient (Wildman–Crippen LogP) is 8.87. The van der Waals surface area contributed by atoms with Crippen LogP contribution in [-0.2, 0) is 9.59 Å². The number of hydrogen-bond acceptors (Lipinski definition) is 3. The van der Waals surface area contributed by atoms with Gasteiger partial charge in [-0.2, -0.15) is 0 Å². The van der Waals surface area contributed by atoms with Crippen LogP contribution < -0.4 is 4.74 Å². The Morgan fingerprint density at radius 3 is 1.31 bits per heavy atom. The zero-order valence-electron chi connectivity index (χ0n) is 23.8. The Hall–Kier alpha value is -2.94. The van der Waals surface area contributed by atoms with Crippen LogP contribution in [0, 0.1) is 37.5 Å². The molecule has 0 fully saturated rings. The van der Waals surface area contributed by atoms with Gasteiger partial charge in [-0.3, -0.25) is 0 Å². The minimum absolute atomic E-state index is 0.322. The molecule has 0 radical (unpaired) electrons. The fraction of sp³-hybridized carbons (Fsp3) is 0.438.